The third-order valence-electron chi connectivity index (χ3n) is 2.74. The highest BCUT2D eigenvalue weighted by atomic mass is 32.1. The Morgan fingerprint density at radius 2 is 2.00 bits per heavy atom. The summed E-state index contributed by atoms with van der Waals surface area (Å²) in [5.41, 5.74) is 7.90. The Bertz CT molecular complexity index is 491. The minimum absolute atomic E-state index is 0.553. The summed E-state index contributed by atoms with van der Waals surface area (Å²) in [5, 5.41) is 2.59. The van der Waals surface area contributed by atoms with E-state index >= 15 is 0 Å². The van der Waals surface area contributed by atoms with Crippen molar-refractivity contribution >= 4 is 16.5 Å². The van der Waals surface area contributed by atoms with E-state index in [0.29, 0.717) is 17.7 Å². The highest BCUT2D eigenvalue weighted by molar-refractivity contribution is 7.13. The fraction of sp³-hybridized carbons (Fsp3) is 0.357. The number of hydrogen-bond acceptors (Lipinski definition) is 4. The Labute approximate surface area is 112 Å². The molecule has 0 unspecified atom stereocenters. The number of rotatable bonds is 5. The molecule has 1 aromatic heterocycles. The molecule has 0 bridgehead atoms. The van der Waals surface area contributed by atoms with Gasteiger partial charge in [-0.05, 0) is 23.6 Å². The summed E-state index contributed by atoms with van der Waals surface area (Å²) in [7, 11) is 0. The predicted molar refractivity (Wildman–Crippen MR) is 76.3 cm³/mol. The first-order valence-electron chi connectivity index (χ1n) is 6.08. The third-order valence-corrected chi connectivity index (χ3v) is 3.47. The fourth-order valence-corrected chi connectivity index (χ4v) is 2.26. The Hall–Kier alpha value is -1.55. The molecular weight excluding hydrogens is 244 g/mol. The number of thiazole rings is 1. The third kappa shape index (κ3) is 3.47. The lowest BCUT2D eigenvalue weighted by atomic mass is 10.0. The van der Waals surface area contributed by atoms with Gasteiger partial charge in [-0.1, -0.05) is 26.0 Å². The summed E-state index contributed by atoms with van der Waals surface area (Å²) in [6, 6.07) is 8.26. The highest BCUT2D eigenvalue weighted by Gasteiger charge is 2.01. The van der Waals surface area contributed by atoms with Crippen molar-refractivity contribution in [2.45, 2.75) is 26.2 Å². The van der Waals surface area contributed by atoms with Crippen molar-refractivity contribution in [2.75, 3.05) is 12.3 Å². The van der Waals surface area contributed by atoms with Crippen molar-refractivity contribution in [3.8, 4) is 5.75 Å². The molecule has 0 spiro atoms. The molecule has 18 heavy (non-hydrogen) atoms. The zero-order valence-corrected chi connectivity index (χ0v) is 11.5. The molecule has 0 atom stereocenters. The summed E-state index contributed by atoms with van der Waals surface area (Å²) < 4.78 is 5.68. The quantitative estimate of drug-likeness (QED) is 0.897. The molecule has 4 heteroatoms. The lowest BCUT2D eigenvalue weighted by Crippen LogP contribution is -2.02. The number of hydrogen-bond donors (Lipinski definition) is 1. The SMILES string of the molecule is CC(C)c1ccc(OCCc2csc(N)n2)cc1. The van der Waals surface area contributed by atoms with Crippen LogP contribution in [0.3, 0.4) is 0 Å². The molecular formula is C14H18N2OS. The van der Waals surface area contributed by atoms with Crippen LogP contribution in [0, 0.1) is 0 Å². The van der Waals surface area contributed by atoms with Crippen molar-refractivity contribution in [1.82, 2.24) is 4.98 Å². The lowest BCUT2D eigenvalue weighted by Gasteiger charge is -2.08. The first-order valence-corrected chi connectivity index (χ1v) is 6.96. The molecule has 0 saturated heterocycles. The van der Waals surface area contributed by atoms with Crippen LogP contribution in [-0.2, 0) is 6.42 Å². The number of nitrogens with two attached hydrogens (primary N) is 1. The van der Waals surface area contributed by atoms with Gasteiger partial charge in [0.1, 0.15) is 5.75 Å². The van der Waals surface area contributed by atoms with E-state index < -0.39 is 0 Å². The van der Waals surface area contributed by atoms with Crippen LogP contribution in [-0.4, -0.2) is 11.6 Å². The molecule has 1 aromatic carbocycles. The monoisotopic (exact) mass is 262 g/mol. The van der Waals surface area contributed by atoms with Crippen molar-refractivity contribution in [3.05, 3.63) is 40.9 Å². The molecule has 0 radical (unpaired) electrons. The van der Waals surface area contributed by atoms with Gasteiger partial charge in [-0.2, -0.15) is 0 Å². The topological polar surface area (TPSA) is 48.1 Å². The van der Waals surface area contributed by atoms with Crippen LogP contribution in [0.5, 0.6) is 5.75 Å². The van der Waals surface area contributed by atoms with Gasteiger partial charge in [-0.25, -0.2) is 4.98 Å². The number of ether oxygens (including phenoxy) is 1. The number of anilines is 1. The zero-order chi connectivity index (χ0) is 13.0. The van der Waals surface area contributed by atoms with Crippen LogP contribution in [0.4, 0.5) is 5.13 Å². The van der Waals surface area contributed by atoms with Crippen molar-refractivity contribution in [3.63, 3.8) is 0 Å². The van der Waals surface area contributed by atoms with Gasteiger partial charge in [0.2, 0.25) is 0 Å². The molecule has 0 aliphatic heterocycles. The molecule has 2 aromatic rings. The Morgan fingerprint density at radius 3 is 2.56 bits per heavy atom. The number of benzene rings is 1. The van der Waals surface area contributed by atoms with Gasteiger partial charge >= 0.3 is 0 Å². The van der Waals surface area contributed by atoms with Gasteiger partial charge in [0.05, 0.1) is 12.3 Å². The van der Waals surface area contributed by atoms with Gasteiger partial charge in [0.25, 0.3) is 0 Å². The first-order chi connectivity index (χ1) is 8.65. The molecule has 1 heterocycles. The molecule has 0 aliphatic rings. The maximum atomic E-state index is 5.68. The highest BCUT2D eigenvalue weighted by Crippen LogP contribution is 2.19. The van der Waals surface area contributed by atoms with Crippen molar-refractivity contribution in [2.24, 2.45) is 0 Å². The second kappa shape index (κ2) is 5.87. The molecule has 0 aliphatic carbocycles. The Balaban J connectivity index is 1.83. The van der Waals surface area contributed by atoms with E-state index in [9.17, 15) is 0 Å². The van der Waals surface area contributed by atoms with E-state index in [1.165, 1.54) is 16.9 Å². The van der Waals surface area contributed by atoms with E-state index in [-0.39, 0.29) is 0 Å². The van der Waals surface area contributed by atoms with Crippen LogP contribution < -0.4 is 10.5 Å². The first kappa shape index (κ1) is 12.9. The standard InChI is InChI=1S/C14H18N2OS/c1-10(2)11-3-5-13(6-4-11)17-8-7-12-9-18-14(15)16-12/h3-6,9-10H,7-8H2,1-2H3,(H2,15,16). The van der Waals surface area contributed by atoms with Crippen molar-refractivity contribution in [1.29, 1.82) is 0 Å². The summed E-state index contributed by atoms with van der Waals surface area (Å²) in [4.78, 5) is 4.20. The maximum absolute atomic E-state index is 5.68. The summed E-state index contributed by atoms with van der Waals surface area (Å²) in [6.45, 7) is 5.00. The number of nitrogen functional groups attached to an aromatic ring is 1. The second-order valence-corrected chi connectivity index (χ2v) is 5.39. The van der Waals surface area contributed by atoms with Crippen LogP contribution >= 0.6 is 11.3 Å². The van der Waals surface area contributed by atoms with E-state index in [2.05, 4.69) is 31.0 Å². The summed E-state index contributed by atoms with van der Waals surface area (Å²) >= 11 is 1.47. The smallest absolute Gasteiger partial charge is 0.180 e. The average Bonchev–Trinajstić information content (AvgIpc) is 2.76. The maximum Gasteiger partial charge on any atom is 0.180 e. The van der Waals surface area contributed by atoms with Gasteiger partial charge in [0, 0.05) is 11.8 Å². The van der Waals surface area contributed by atoms with Crippen LogP contribution in [0.2, 0.25) is 0 Å². The normalized spacial score (nSPS) is 10.8. The van der Waals surface area contributed by atoms with E-state index in [1.807, 2.05) is 17.5 Å². The fourth-order valence-electron chi connectivity index (χ4n) is 1.66. The molecule has 0 fully saturated rings. The lowest BCUT2D eigenvalue weighted by molar-refractivity contribution is 0.320. The van der Waals surface area contributed by atoms with Gasteiger partial charge in [-0.15, -0.1) is 11.3 Å². The van der Waals surface area contributed by atoms with E-state index in [0.717, 1.165) is 17.9 Å². The average molecular weight is 262 g/mol. The second-order valence-electron chi connectivity index (χ2n) is 4.50. The van der Waals surface area contributed by atoms with Crippen LogP contribution in [0.1, 0.15) is 31.0 Å². The Kier molecular flexibility index (Phi) is 4.20. The summed E-state index contributed by atoms with van der Waals surface area (Å²) in [6.07, 6.45) is 0.791. The number of aromatic nitrogens is 1. The van der Waals surface area contributed by atoms with Gasteiger partial charge in [-0.3, -0.25) is 0 Å². The predicted octanol–water partition coefficient (Wildman–Crippen LogP) is 3.47. The molecule has 96 valence electrons. The number of nitrogens with zero attached hydrogens (tertiary/aromatic N) is 1. The minimum Gasteiger partial charge on any atom is -0.493 e. The molecule has 3 nitrogen and oxygen atoms in total. The van der Waals surface area contributed by atoms with Crippen LogP contribution in [0.15, 0.2) is 29.6 Å². The van der Waals surface area contributed by atoms with Gasteiger partial charge in [0.15, 0.2) is 5.13 Å². The minimum atomic E-state index is 0.553. The van der Waals surface area contributed by atoms with E-state index in [1.54, 1.807) is 0 Å². The molecule has 2 N–H and O–H groups in total. The van der Waals surface area contributed by atoms with E-state index in [4.69, 9.17) is 10.5 Å². The van der Waals surface area contributed by atoms with Crippen LogP contribution in [0.25, 0.3) is 0 Å². The molecule has 2 rings (SSSR count). The zero-order valence-electron chi connectivity index (χ0n) is 10.7. The summed E-state index contributed by atoms with van der Waals surface area (Å²) in [5.74, 6) is 1.46. The largest absolute Gasteiger partial charge is 0.493 e. The molecule has 0 amide bonds. The van der Waals surface area contributed by atoms with Gasteiger partial charge < -0.3 is 10.5 Å². The molecule has 0 saturated carbocycles. The van der Waals surface area contributed by atoms with Crippen molar-refractivity contribution < 1.29 is 4.74 Å². The Morgan fingerprint density at radius 1 is 1.28 bits per heavy atom.